The van der Waals surface area contributed by atoms with Gasteiger partial charge in [-0.3, -0.25) is 0 Å². The third kappa shape index (κ3) is 4.62. The molecule has 1 heterocycles. The molecule has 0 amide bonds. The Morgan fingerprint density at radius 3 is 2.57 bits per heavy atom. The zero-order chi connectivity index (χ0) is 15.3. The van der Waals surface area contributed by atoms with Gasteiger partial charge in [0.1, 0.15) is 4.90 Å². The first-order valence-electron chi connectivity index (χ1n) is 6.55. The van der Waals surface area contributed by atoms with E-state index in [0.717, 1.165) is 17.7 Å². The fourth-order valence-electron chi connectivity index (χ4n) is 1.90. The molecule has 114 valence electrons. The van der Waals surface area contributed by atoms with Crippen LogP contribution in [0.2, 0.25) is 0 Å². The fraction of sp³-hybridized carbons (Fsp3) is 0.286. The first-order valence-corrected chi connectivity index (χ1v) is 9.64. The lowest BCUT2D eigenvalue weighted by molar-refractivity contribution is 0.579. The van der Waals surface area contributed by atoms with Gasteiger partial charge < -0.3 is 5.73 Å². The molecule has 1 aromatic carbocycles. The number of rotatable bonds is 7. The summed E-state index contributed by atoms with van der Waals surface area (Å²) in [7, 11) is -3.48. The fourth-order valence-corrected chi connectivity index (χ4v) is 5.54. The van der Waals surface area contributed by atoms with Crippen LogP contribution in [0.1, 0.15) is 16.9 Å². The minimum absolute atomic E-state index is 0.271. The van der Waals surface area contributed by atoms with Crippen LogP contribution in [0.15, 0.2) is 45.1 Å². The number of aryl methyl sites for hydroxylation is 1. The van der Waals surface area contributed by atoms with Gasteiger partial charge in [0.15, 0.2) is 0 Å². The van der Waals surface area contributed by atoms with Gasteiger partial charge in [0, 0.05) is 18.0 Å². The summed E-state index contributed by atoms with van der Waals surface area (Å²) in [5, 5.41) is 0. The lowest BCUT2D eigenvalue weighted by Crippen LogP contribution is -2.25. The molecule has 0 aliphatic heterocycles. The summed E-state index contributed by atoms with van der Waals surface area (Å²) in [6.45, 7) is 0.754. The van der Waals surface area contributed by atoms with Gasteiger partial charge in [-0.15, -0.1) is 11.3 Å². The second kappa shape index (κ2) is 7.51. The van der Waals surface area contributed by atoms with Crippen LogP contribution in [-0.2, 0) is 23.0 Å². The molecule has 0 unspecified atom stereocenters. The minimum Gasteiger partial charge on any atom is -0.326 e. The maximum Gasteiger partial charge on any atom is 0.242 e. The van der Waals surface area contributed by atoms with Crippen molar-refractivity contribution in [2.75, 3.05) is 6.54 Å². The lowest BCUT2D eigenvalue weighted by atomic mass is 10.1. The Bertz CT molecular complexity index is 684. The third-order valence-corrected chi connectivity index (χ3v) is 6.71. The number of sulfonamides is 1. The van der Waals surface area contributed by atoms with Gasteiger partial charge in [-0.2, -0.15) is 0 Å². The zero-order valence-electron chi connectivity index (χ0n) is 11.4. The van der Waals surface area contributed by atoms with Crippen molar-refractivity contribution < 1.29 is 8.42 Å². The van der Waals surface area contributed by atoms with E-state index >= 15 is 0 Å². The van der Waals surface area contributed by atoms with Crippen molar-refractivity contribution >= 4 is 37.3 Å². The summed E-state index contributed by atoms with van der Waals surface area (Å²) in [6, 6.07) is 11.6. The Hall–Kier alpha value is -0.730. The molecule has 1 aromatic heterocycles. The molecule has 0 bridgehead atoms. The van der Waals surface area contributed by atoms with Crippen LogP contribution in [-0.4, -0.2) is 15.0 Å². The molecule has 0 fully saturated rings. The molecule has 2 aromatic rings. The number of nitrogens with two attached hydrogens (primary N) is 1. The molecule has 0 saturated heterocycles. The van der Waals surface area contributed by atoms with E-state index < -0.39 is 10.0 Å². The molecule has 0 aliphatic rings. The van der Waals surface area contributed by atoms with Crippen LogP contribution in [0.3, 0.4) is 0 Å². The number of hydrogen-bond acceptors (Lipinski definition) is 4. The topological polar surface area (TPSA) is 72.2 Å². The second-order valence-corrected chi connectivity index (χ2v) is 8.73. The zero-order valence-corrected chi connectivity index (χ0v) is 14.6. The molecule has 0 atom stereocenters. The van der Waals surface area contributed by atoms with E-state index in [-0.39, 0.29) is 4.90 Å². The number of hydrogen-bond donors (Lipinski definition) is 2. The quantitative estimate of drug-likeness (QED) is 0.716. The highest BCUT2D eigenvalue weighted by molar-refractivity contribution is 9.11. The van der Waals surface area contributed by atoms with Crippen molar-refractivity contribution in [3.63, 3.8) is 0 Å². The van der Waals surface area contributed by atoms with Gasteiger partial charge in [0.2, 0.25) is 10.0 Å². The van der Waals surface area contributed by atoms with E-state index in [0.29, 0.717) is 16.9 Å². The molecule has 21 heavy (non-hydrogen) atoms. The molecule has 0 spiro atoms. The highest BCUT2D eigenvalue weighted by Gasteiger charge is 2.19. The second-order valence-electron chi connectivity index (χ2n) is 4.54. The highest BCUT2D eigenvalue weighted by Crippen LogP contribution is 2.31. The smallest absolute Gasteiger partial charge is 0.242 e. The summed E-state index contributed by atoms with van der Waals surface area (Å²) in [5.74, 6) is 0. The highest BCUT2D eigenvalue weighted by atomic mass is 79.9. The summed E-state index contributed by atoms with van der Waals surface area (Å²) in [6.07, 6.45) is 1.61. The summed E-state index contributed by atoms with van der Waals surface area (Å²) >= 11 is 4.63. The summed E-state index contributed by atoms with van der Waals surface area (Å²) < 4.78 is 27.7. The molecule has 2 rings (SSSR count). The van der Waals surface area contributed by atoms with Crippen molar-refractivity contribution in [3.05, 3.63) is 50.6 Å². The van der Waals surface area contributed by atoms with Crippen LogP contribution in [0.4, 0.5) is 0 Å². The summed E-state index contributed by atoms with van der Waals surface area (Å²) in [5.41, 5.74) is 6.74. The van der Waals surface area contributed by atoms with E-state index in [1.807, 2.05) is 30.3 Å². The number of benzene rings is 1. The van der Waals surface area contributed by atoms with Crippen molar-refractivity contribution in [1.82, 2.24) is 4.72 Å². The van der Waals surface area contributed by atoms with Gasteiger partial charge >= 0.3 is 0 Å². The van der Waals surface area contributed by atoms with E-state index in [9.17, 15) is 8.42 Å². The number of nitrogens with one attached hydrogen (secondary N) is 1. The molecule has 0 saturated carbocycles. The van der Waals surface area contributed by atoms with Crippen LogP contribution < -0.4 is 10.5 Å². The Kier molecular flexibility index (Phi) is 5.95. The predicted molar refractivity (Wildman–Crippen MR) is 89.9 cm³/mol. The van der Waals surface area contributed by atoms with Crippen molar-refractivity contribution in [3.8, 4) is 0 Å². The van der Waals surface area contributed by atoms with Crippen LogP contribution in [0.5, 0.6) is 0 Å². The molecule has 3 N–H and O–H groups in total. The monoisotopic (exact) mass is 388 g/mol. The maximum absolute atomic E-state index is 12.2. The van der Waals surface area contributed by atoms with Gasteiger partial charge in [-0.1, -0.05) is 30.3 Å². The third-order valence-electron chi connectivity index (χ3n) is 2.97. The Balaban J connectivity index is 1.91. The molecule has 4 nitrogen and oxygen atoms in total. The molecular formula is C14H17BrN2O2S2. The van der Waals surface area contributed by atoms with Crippen molar-refractivity contribution in [2.45, 2.75) is 24.3 Å². The van der Waals surface area contributed by atoms with Crippen molar-refractivity contribution in [1.29, 1.82) is 0 Å². The number of halogens is 1. The average Bonchev–Trinajstić information content (AvgIpc) is 2.87. The Labute approximate surface area is 137 Å². The Morgan fingerprint density at radius 2 is 1.95 bits per heavy atom. The van der Waals surface area contributed by atoms with Gasteiger partial charge in [-0.05, 0) is 40.4 Å². The maximum atomic E-state index is 12.2. The summed E-state index contributed by atoms with van der Waals surface area (Å²) in [4.78, 5) is 1.11. The minimum atomic E-state index is -3.48. The van der Waals surface area contributed by atoms with E-state index in [1.165, 1.54) is 16.9 Å². The van der Waals surface area contributed by atoms with Gasteiger partial charge in [-0.25, -0.2) is 13.1 Å². The standard InChI is InChI=1S/C14H17BrN2O2S2/c15-14-13(9-12(10-16)20-14)21(18,19)17-8-4-7-11-5-2-1-3-6-11/h1-3,5-6,9,17H,4,7-8,10,16H2. The molecular weight excluding hydrogens is 372 g/mol. The van der Waals surface area contributed by atoms with Crippen LogP contribution in [0, 0.1) is 0 Å². The van der Waals surface area contributed by atoms with Crippen molar-refractivity contribution in [2.24, 2.45) is 5.73 Å². The van der Waals surface area contributed by atoms with Crippen LogP contribution >= 0.6 is 27.3 Å². The SMILES string of the molecule is NCc1cc(S(=O)(=O)NCCCc2ccccc2)c(Br)s1. The predicted octanol–water partition coefficient (Wildman–Crippen LogP) is 2.88. The normalized spacial score (nSPS) is 11.7. The molecule has 7 heteroatoms. The largest absolute Gasteiger partial charge is 0.326 e. The first-order chi connectivity index (χ1) is 10.0. The van der Waals surface area contributed by atoms with Gasteiger partial charge in [0.05, 0.1) is 3.79 Å². The molecule has 0 radical (unpaired) electrons. The lowest BCUT2D eigenvalue weighted by Gasteiger charge is -2.06. The molecule has 0 aliphatic carbocycles. The van der Waals surface area contributed by atoms with E-state index in [4.69, 9.17) is 5.73 Å². The van der Waals surface area contributed by atoms with E-state index in [1.54, 1.807) is 6.07 Å². The van der Waals surface area contributed by atoms with Crippen LogP contribution in [0.25, 0.3) is 0 Å². The van der Waals surface area contributed by atoms with Gasteiger partial charge in [0.25, 0.3) is 0 Å². The number of thiophene rings is 1. The Morgan fingerprint density at radius 1 is 1.24 bits per heavy atom. The average molecular weight is 389 g/mol. The van der Waals surface area contributed by atoms with E-state index in [2.05, 4.69) is 20.7 Å². The first kappa shape index (κ1) is 16.6.